The summed E-state index contributed by atoms with van der Waals surface area (Å²) in [6, 6.07) is 17.0. The lowest BCUT2D eigenvalue weighted by Crippen LogP contribution is -2.27. The summed E-state index contributed by atoms with van der Waals surface area (Å²) in [6.45, 7) is 0.294. The number of furan rings is 1. The highest BCUT2D eigenvalue weighted by molar-refractivity contribution is 6.04. The van der Waals surface area contributed by atoms with Gasteiger partial charge in [0.15, 0.2) is 0 Å². The summed E-state index contributed by atoms with van der Waals surface area (Å²) in [4.78, 5) is 28.3. The van der Waals surface area contributed by atoms with Crippen LogP contribution in [0, 0.1) is 0 Å². The third-order valence-corrected chi connectivity index (χ3v) is 4.22. The number of nitrogens with one attached hydrogen (secondary N) is 3. The van der Waals surface area contributed by atoms with Gasteiger partial charge < -0.3 is 20.4 Å². The summed E-state index contributed by atoms with van der Waals surface area (Å²) in [5.74, 6) is 0.426. The van der Waals surface area contributed by atoms with Gasteiger partial charge in [-0.15, -0.1) is 0 Å². The van der Waals surface area contributed by atoms with Crippen molar-refractivity contribution in [1.82, 2.24) is 20.1 Å². The summed E-state index contributed by atoms with van der Waals surface area (Å²) in [5.41, 5.74) is 2.53. The fourth-order valence-electron chi connectivity index (χ4n) is 2.70. The quantitative estimate of drug-likeness (QED) is 0.457. The van der Waals surface area contributed by atoms with Gasteiger partial charge in [-0.3, -0.25) is 4.79 Å². The number of urea groups is 1. The van der Waals surface area contributed by atoms with Crippen molar-refractivity contribution < 1.29 is 14.0 Å². The molecule has 0 unspecified atom stereocenters. The van der Waals surface area contributed by atoms with E-state index < -0.39 is 0 Å². The molecule has 4 aromatic rings. The molecule has 0 spiro atoms. The number of carbonyl (C=O) groups excluding carboxylic acids is 2. The Morgan fingerprint density at radius 1 is 0.933 bits per heavy atom. The highest BCUT2D eigenvalue weighted by Gasteiger charge is 2.08. The van der Waals surface area contributed by atoms with Gasteiger partial charge in [0.2, 0.25) is 0 Å². The Bertz CT molecular complexity index is 1100. The van der Waals surface area contributed by atoms with E-state index in [1.54, 1.807) is 77.9 Å². The molecule has 0 aliphatic carbocycles. The minimum atomic E-state index is -0.351. The molecule has 0 atom stereocenters. The first-order chi connectivity index (χ1) is 14.7. The van der Waals surface area contributed by atoms with Gasteiger partial charge in [-0.25, -0.2) is 14.5 Å². The molecular formula is C21H18N6O3. The SMILES string of the molecule is O=C(NCc1ccco1)Nc1ccc(NC(=O)c2ccc(-n3cncn3)cc2)cc1. The van der Waals surface area contributed by atoms with E-state index in [1.165, 1.54) is 6.33 Å². The lowest BCUT2D eigenvalue weighted by atomic mass is 10.2. The number of aromatic nitrogens is 3. The van der Waals surface area contributed by atoms with Crippen LogP contribution in [0.25, 0.3) is 5.69 Å². The van der Waals surface area contributed by atoms with Gasteiger partial charge in [0.05, 0.1) is 18.5 Å². The number of nitrogens with zero attached hydrogens (tertiary/aromatic N) is 3. The Labute approximate surface area is 171 Å². The van der Waals surface area contributed by atoms with Gasteiger partial charge in [0.25, 0.3) is 5.91 Å². The number of rotatable bonds is 6. The Morgan fingerprint density at radius 2 is 1.67 bits per heavy atom. The van der Waals surface area contributed by atoms with Crippen molar-refractivity contribution in [1.29, 1.82) is 0 Å². The molecule has 2 aromatic carbocycles. The maximum Gasteiger partial charge on any atom is 0.319 e. The molecular weight excluding hydrogens is 384 g/mol. The van der Waals surface area contributed by atoms with Crippen molar-refractivity contribution in [3.05, 3.63) is 90.9 Å². The van der Waals surface area contributed by atoms with E-state index >= 15 is 0 Å². The number of anilines is 2. The first-order valence-corrected chi connectivity index (χ1v) is 9.11. The number of hydrogen-bond donors (Lipinski definition) is 3. The molecule has 0 saturated heterocycles. The second-order valence-corrected chi connectivity index (χ2v) is 6.31. The summed E-state index contributed by atoms with van der Waals surface area (Å²) in [7, 11) is 0. The van der Waals surface area contributed by atoms with E-state index in [2.05, 4.69) is 26.0 Å². The standard InChI is InChI=1S/C21H18N6O3/c28-20(15-3-9-18(10-4-15)27-14-22-13-24-27)25-16-5-7-17(8-6-16)26-21(29)23-12-19-2-1-11-30-19/h1-11,13-14H,12H2,(H,25,28)(H2,23,26,29). The van der Waals surface area contributed by atoms with Crippen LogP contribution in [-0.2, 0) is 6.54 Å². The Hall–Kier alpha value is -4.40. The highest BCUT2D eigenvalue weighted by Crippen LogP contribution is 2.15. The maximum atomic E-state index is 12.4. The van der Waals surface area contributed by atoms with E-state index in [1.807, 2.05) is 0 Å². The first kappa shape index (κ1) is 18.9. The van der Waals surface area contributed by atoms with Crippen molar-refractivity contribution in [2.24, 2.45) is 0 Å². The van der Waals surface area contributed by atoms with Crippen molar-refractivity contribution in [3.63, 3.8) is 0 Å². The average Bonchev–Trinajstić information content (AvgIpc) is 3.48. The molecule has 3 amide bonds. The van der Waals surface area contributed by atoms with Crippen LogP contribution in [0.15, 0.2) is 84.0 Å². The van der Waals surface area contributed by atoms with Crippen LogP contribution in [0.4, 0.5) is 16.2 Å². The molecule has 9 heteroatoms. The predicted molar refractivity (Wildman–Crippen MR) is 110 cm³/mol. The maximum absolute atomic E-state index is 12.4. The smallest absolute Gasteiger partial charge is 0.319 e. The van der Waals surface area contributed by atoms with Crippen LogP contribution in [-0.4, -0.2) is 26.7 Å². The summed E-state index contributed by atoms with van der Waals surface area (Å²) in [5, 5.41) is 12.3. The van der Waals surface area contributed by atoms with Crippen LogP contribution in [0.2, 0.25) is 0 Å². The lowest BCUT2D eigenvalue weighted by Gasteiger charge is -2.09. The summed E-state index contributed by atoms with van der Waals surface area (Å²) >= 11 is 0. The third-order valence-electron chi connectivity index (χ3n) is 4.22. The van der Waals surface area contributed by atoms with E-state index in [4.69, 9.17) is 4.42 Å². The minimum absolute atomic E-state index is 0.239. The third kappa shape index (κ3) is 4.71. The highest BCUT2D eigenvalue weighted by atomic mass is 16.3. The van der Waals surface area contributed by atoms with E-state index in [9.17, 15) is 9.59 Å². The molecule has 3 N–H and O–H groups in total. The van der Waals surface area contributed by atoms with Crippen LogP contribution in [0.3, 0.4) is 0 Å². The summed E-state index contributed by atoms with van der Waals surface area (Å²) in [6.07, 6.45) is 4.58. The Morgan fingerprint density at radius 3 is 2.30 bits per heavy atom. The second-order valence-electron chi connectivity index (χ2n) is 6.31. The van der Waals surface area contributed by atoms with Crippen LogP contribution >= 0.6 is 0 Å². The lowest BCUT2D eigenvalue weighted by molar-refractivity contribution is 0.102. The van der Waals surface area contributed by atoms with Gasteiger partial charge in [-0.2, -0.15) is 5.10 Å². The van der Waals surface area contributed by atoms with Crippen LogP contribution in [0.5, 0.6) is 0 Å². The van der Waals surface area contributed by atoms with Gasteiger partial charge in [-0.1, -0.05) is 0 Å². The number of carbonyl (C=O) groups is 2. The van der Waals surface area contributed by atoms with Gasteiger partial charge in [-0.05, 0) is 60.7 Å². The van der Waals surface area contributed by atoms with E-state index in [0.717, 1.165) is 5.69 Å². The zero-order valence-electron chi connectivity index (χ0n) is 15.8. The number of hydrogen-bond acceptors (Lipinski definition) is 5. The molecule has 0 saturated carbocycles. The van der Waals surface area contributed by atoms with Gasteiger partial charge in [0, 0.05) is 16.9 Å². The van der Waals surface area contributed by atoms with Gasteiger partial charge >= 0.3 is 6.03 Å². The Kier molecular flexibility index (Phi) is 5.52. The fourth-order valence-corrected chi connectivity index (χ4v) is 2.70. The molecule has 0 aliphatic rings. The molecule has 0 fully saturated rings. The van der Waals surface area contributed by atoms with Gasteiger partial charge in [0.1, 0.15) is 18.4 Å². The second kappa shape index (κ2) is 8.74. The van der Waals surface area contributed by atoms with Crippen LogP contribution < -0.4 is 16.0 Å². The topological polar surface area (TPSA) is 114 Å². The Balaban J connectivity index is 1.30. The fraction of sp³-hybridized carbons (Fsp3) is 0.0476. The molecule has 9 nitrogen and oxygen atoms in total. The molecule has 0 aliphatic heterocycles. The zero-order chi connectivity index (χ0) is 20.8. The van der Waals surface area contributed by atoms with Crippen molar-refractivity contribution in [3.8, 4) is 5.69 Å². The normalized spacial score (nSPS) is 10.4. The number of amides is 3. The molecule has 4 rings (SSSR count). The molecule has 0 bridgehead atoms. The monoisotopic (exact) mass is 402 g/mol. The van der Waals surface area contributed by atoms with Crippen molar-refractivity contribution in [2.45, 2.75) is 6.54 Å². The molecule has 2 aromatic heterocycles. The largest absolute Gasteiger partial charge is 0.467 e. The minimum Gasteiger partial charge on any atom is -0.467 e. The number of benzene rings is 2. The van der Waals surface area contributed by atoms with Crippen molar-refractivity contribution >= 4 is 23.3 Å². The molecule has 150 valence electrons. The first-order valence-electron chi connectivity index (χ1n) is 9.11. The molecule has 2 heterocycles. The molecule has 0 radical (unpaired) electrons. The average molecular weight is 402 g/mol. The predicted octanol–water partition coefficient (Wildman–Crippen LogP) is 3.43. The zero-order valence-corrected chi connectivity index (χ0v) is 15.8. The van der Waals surface area contributed by atoms with E-state index in [-0.39, 0.29) is 11.9 Å². The molecule has 30 heavy (non-hydrogen) atoms. The summed E-state index contributed by atoms with van der Waals surface area (Å²) < 4.78 is 6.77. The van der Waals surface area contributed by atoms with E-state index in [0.29, 0.717) is 29.2 Å². The van der Waals surface area contributed by atoms with Crippen molar-refractivity contribution in [2.75, 3.05) is 10.6 Å². The van der Waals surface area contributed by atoms with Crippen LogP contribution in [0.1, 0.15) is 16.1 Å².